The molecule has 0 saturated heterocycles. The van der Waals surface area contributed by atoms with Crippen LogP contribution in [0.3, 0.4) is 0 Å². The topological polar surface area (TPSA) is 62.8 Å². The van der Waals surface area contributed by atoms with E-state index in [-0.39, 0.29) is 18.0 Å². The highest BCUT2D eigenvalue weighted by atomic mass is 16.2. The first kappa shape index (κ1) is 16.2. The third-order valence-electron chi connectivity index (χ3n) is 7.04. The second-order valence-corrected chi connectivity index (χ2v) is 8.89. The Kier molecular flexibility index (Phi) is 3.56. The summed E-state index contributed by atoms with van der Waals surface area (Å²) >= 11 is 0. The van der Waals surface area contributed by atoms with Gasteiger partial charge in [0.2, 0.25) is 11.5 Å². The third-order valence-corrected chi connectivity index (χ3v) is 7.04. The molecule has 0 aliphatic heterocycles. The number of benzene rings is 1. The van der Waals surface area contributed by atoms with Gasteiger partial charge in [-0.3, -0.25) is 10.2 Å². The van der Waals surface area contributed by atoms with E-state index < -0.39 is 0 Å². The van der Waals surface area contributed by atoms with Crippen molar-refractivity contribution in [3.8, 4) is 0 Å². The summed E-state index contributed by atoms with van der Waals surface area (Å²) in [4.78, 5) is 13.0. The molecule has 6 rings (SSSR count). The zero-order chi connectivity index (χ0) is 17.9. The molecule has 1 aromatic heterocycles. The normalized spacial score (nSPS) is 32.3. The van der Waals surface area contributed by atoms with Crippen molar-refractivity contribution in [1.29, 1.82) is 5.41 Å². The number of hydrogen-bond donors (Lipinski definition) is 2. The number of nitrogens with zero attached hydrogens (tertiary/aromatic N) is 2. The van der Waals surface area contributed by atoms with Gasteiger partial charge in [0.25, 0.3) is 0 Å². The number of para-hydroxylation sites is 2. The van der Waals surface area contributed by atoms with E-state index in [1.807, 2.05) is 40.3 Å². The van der Waals surface area contributed by atoms with Crippen molar-refractivity contribution < 1.29 is 4.79 Å². The van der Waals surface area contributed by atoms with Crippen molar-refractivity contribution in [2.75, 3.05) is 0 Å². The first-order chi connectivity index (χ1) is 12.6. The number of imidazole rings is 1. The van der Waals surface area contributed by atoms with E-state index in [0.717, 1.165) is 35.3 Å². The zero-order valence-electron chi connectivity index (χ0n) is 15.5. The van der Waals surface area contributed by atoms with E-state index in [9.17, 15) is 4.79 Å². The minimum absolute atomic E-state index is 0.0394. The highest BCUT2D eigenvalue weighted by Gasteiger charge is 2.51. The number of carbonyl (C=O) groups is 1. The Balaban J connectivity index is 1.41. The Morgan fingerprint density at radius 3 is 2.15 bits per heavy atom. The Labute approximate surface area is 153 Å². The fourth-order valence-electron chi connectivity index (χ4n) is 6.52. The number of hydrogen-bond acceptors (Lipinski definition) is 2. The van der Waals surface area contributed by atoms with Crippen LogP contribution in [0.1, 0.15) is 45.4 Å². The van der Waals surface area contributed by atoms with Crippen LogP contribution in [-0.2, 0) is 17.9 Å². The summed E-state index contributed by atoms with van der Waals surface area (Å²) in [5.74, 6) is 2.54. The number of amides is 1. The summed E-state index contributed by atoms with van der Waals surface area (Å²) in [6.07, 6.45) is 7.64. The van der Waals surface area contributed by atoms with E-state index in [1.165, 1.54) is 38.5 Å². The molecule has 26 heavy (non-hydrogen) atoms. The number of aryl methyl sites for hydroxylation is 1. The monoisotopic (exact) mass is 352 g/mol. The van der Waals surface area contributed by atoms with Crippen molar-refractivity contribution in [3.63, 3.8) is 0 Å². The average Bonchev–Trinajstić information content (AvgIpc) is 2.85. The van der Waals surface area contributed by atoms with Gasteiger partial charge < -0.3 is 14.5 Å². The summed E-state index contributed by atoms with van der Waals surface area (Å²) < 4.78 is 3.82. The van der Waals surface area contributed by atoms with Gasteiger partial charge in [-0.2, -0.15) is 0 Å². The number of fused-ring (bicyclic) bond motifs is 1. The lowest BCUT2D eigenvalue weighted by atomic mass is 9.53. The van der Waals surface area contributed by atoms with Crippen LogP contribution in [0.2, 0.25) is 0 Å². The van der Waals surface area contributed by atoms with Gasteiger partial charge >= 0.3 is 0 Å². The molecule has 2 N–H and O–H groups in total. The van der Waals surface area contributed by atoms with Crippen LogP contribution in [0, 0.1) is 23.2 Å². The fourth-order valence-corrected chi connectivity index (χ4v) is 6.52. The van der Waals surface area contributed by atoms with Crippen LogP contribution in [0.15, 0.2) is 24.3 Å². The maximum Gasteiger partial charge on any atom is 0.240 e. The molecule has 1 heterocycles. The number of aromatic nitrogens is 2. The average molecular weight is 352 g/mol. The van der Waals surface area contributed by atoms with Crippen LogP contribution in [0.4, 0.5) is 0 Å². The first-order valence-corrected chi connectivity index (χ1v) is 10.1. The van der Waals surface area contributed by atoms with Crippen LogP contribution in [-0.4, -0.2) is 20.6 Å². The molecule has 0 atom stereocenters. The summed E-state index contributed by atoms with van der Waals surface area (Å²) in [7, 11) is 0. The summed E-state index contributed by atoms with van der Waals surface area (Å²) in [5, 5.41) is 11.9. The van der Waals surface area contributed by atoms with Crippen molar-refractivity contribution in [3.05, 3.63) is 29.9 Å². The molecule has 4 bridgehead atoms. The standard InChI is InChI=1S/C21H28N4O/c1-2-24-17-5-3-4-6-18(17)25(20(24)22)13-19(26)23-21-10-14-7-15(11-21)9-16(8-14)12-21/h3-6,14-16,22H,2,7-13H2,1H3,(H,23,26). The molecular weight excluding hydrogens is 324 g/mol. The largest absolute Gasteiger partial charge is 0.349 e. The number of nitrogens with one attached hydrogen (secondary N) is 2. The predicted octanol–water partition coefficient (Wildman–Crippen LogP) is 3.03. The second kappa shape index (κ2) is 5.73. The van der Waals surface area contributed by atoms with Crippen LogP contribution in [0.25, 0.3) is 11.0 Å². The summed E-state index contributed by atoms with van der Waals surface area (Å²) in [6, 6.07) is 8.02. The van der Waals surface area contributed by atoms with E-state index in [2.05, 4.69) is 5.32 Å². The predicted molar refractivity (Wildman–Crippen MR) is 101 cm³/mol. The van der Waals surface area contributed by atoms with Crippen molar-refractivity contribution in [1.82, 2.24) is 14.5 Å². The minimum atomic E-state index is 0.0394. The maximum absolute atomic E-state index is 13.0. The lowest BCUT2D eigenvalue weighted by Gasteiger charge is -2.56. The molecule has 0 spiro atoms. The summed E-state index contributed by atoms with van der Waals surface area (Å²) in [5.41, 5.74) is 2.45. The quantitative estimate of drug-likeness (QED) is 0.873. The zero-order valence-corrected chi connectivity index (χ0v) is 15.5. The van der Waals surface area contributed by atoms with E-state index in [0.29, 0.717) is 5.62 Å². The molecule has 2 aromatic rings. The molecule has 5 heteroatoms. The SMILES string of the molecule is CCn1c(=N)n(CC(=O)NC23CC4CC(CC(C4)C2)C3)c2ccccc21. The highest BCUT2D eigenvalue weighted by Crippen LogP contribution is 2.55. The molecule has 4 saturated carbocycles. The van der Waals surface area contributed by atoms with Gasteiger partial charge in [-0.1, -0.05) is 12.1 Å². The van der Waals surface area contributed by atoms with Crippen molar-refractivity contribution in [2.45, 2.75) is 64.1 Å². The van der Waals surface area contributed by atoms with Gasteiger partial charge in [0.15, 0.2) is 0 Å². The van der Waals surface area contributed by atoms with E-state index in [1.54, 1.807) is 0 Å². The van der Waals surface area contributed by atoms with Crippen LogP contribution >= 0.6 is 0 Å². The van der Waals surface area contributed by atoms with E-state index >= 15 is 0 Å². The molecule has 4 fully saturated rings. The van der Waals surface area contributed by atoms with Crippen molar-refractivity contribution >= 4 is 16.9 Å². The molecule has 138 valence electrons. The molecule has 1 amide bonds. The summed E-state index contributed by atoms with van der Waals surface area (Å²) in [6.45, 7) is 3.03. The van der Waals surface area contributed by atoms with Crippen LogP contribution < -0.4 is 10.9 Å². The molecule has 0 radical (unpaired) electrons. The van der Waals surface area contributed by atoms with Gasteiger partial charge in [0, 0.05) is 12.1 Å². The van der Waals surface area contributed by atoms with E-state index in [4.69, 9.17) is 5.41 Å². The third kappa shape index (κ3) is 2.43. The van der Waals surface area contributed by atoms with Crippen LogP contribution in [0.5, 0.6) is 0 Å². The molecule has 4 aliphatic carbocycles. The first-order valence-electron chi connectivity index (χ1n) is 10.1. The van der Waals surface area contributed by atoms with Gasteiger partial charge in [0.05, 0.1) is 11.0 Å². The molecular formula is C21H28N4O. The molecule has 1 aromatic carbocycles. The van der Waals surface area contributed by atoms with Crippen molar-refractivity contribution in [2.24, 2.45) is 17.8 Å². The number of carbonyl (C=O) groups excluding carboxylic acids is 1. The minimum Gasteiger partial charge on any atom is -0.349 e. The van der Waals surface area contributed by atoms with Gasteiger partial charge in [-0.05, 0) is 75.3 Å². The molecule has 0 unspecified atom stereocenters. The lowest BCUT2D eigenvalue weighted by Crippen LogP contribution is -2.60. The lowest BCUT2D eigenvalue weighted by molar-refractivity contribution is -0.127. The highest BCUT2D eigenvalue weighted by molar-refractivity contribution is 5.81. The molecule has 4 aliphatic rings. The Morgan fingerprint density at radius 1 is 1.08 bits per heavy atom. The maximum atomic E-state index is 13.0. The van der Waals surface area contributed by atoms with Gasteiger partial charge in [0.1, 0.15) is 6.54 Å². The Morgan fingerprint density at radius 2 is 1.62 bits per heavy atom. The smallest absolute Gasteiger partial charge is 0.240 e. The molecule has 5 nitrogen and oxygen atoms in total. The Hall–Kier alpha value is -2.04. The van der Waals surface area contributed by atoms with Gasteiger partial charge in [-0.25, -0.2) is 0 Å². The van der Waals surface area contributed by atoms with Gasteiger partial charge in [-0.15, -0.1) is 0 Å². The Bertz CT molecular complexity index is 886. The fraction of sp³-hybridized carbons (Fsp3) is 0.619. The number of rotatable bonds is 4. The second-order valence-electron chi connectivity index (χ2n) is 8.89.